The van der Waals surface area contributed by atoms with Crippen LogP contribution in [0.2, 0.25) is 0 Å². The van der Waals surface area contributed by atoms with Gasteiger partial charge in [-0.05, 0) is 38.6 Å². The summed E-state index contributed by atoms with van der Waals surface area (Å²) < 4.78 is 0. The van der Waals surface area contributed by atoms with E-state index >= 15 is 0 Å². The molecule has 0 aromatic rings. The predicted octanol–water partition coefficient (Wildman–Crippen LogP) is -4.19. The number of rotatable bonds is 21. The van der Waals surface area contributed by atoms with Crippen molar-refractivity contribution >= 4 is 66.0 Å². The number of carboxylic acid groups (broad SMARTS) is 4. The topological polar surface area (TPSA) is 338 Å². The summed E-state index contributed by atoms with van der Waals surface area (Å²) in [6.07, 6.45) is -1.49. The Morgan fingerprint density at radius 1 is 0.723 bits per heavy atom. The van der Waals surface area contributed by atoms with Crippen molar-refractivity contribution in [1.29, 1.82) is 0 Å². The summed E-state index contributed by atoms with van der Waals surface area (Å²) in [5, 5.41) is 45.5. The van der Waals surface area contributed by atoms with Crippen molar-refractivity contribution in [2.45, 2.75) is 87.6 Å². The molecule has 12 N–H and O–H groups in total. The SMILES string of the molecule is NCCCC[C@H](NC(=O)[C@H](CC(=O)O)NC(=O)[C@@H]1CCCN1C(=O)[C@H](CS)NC(=O)[C@H](CC(=O)O)NC(=O)[C@@H](N)CC(=O)O)C(=O)O. The maximum absolute atomic E-state index is 13.4. The molecule has 0 aromatic heterocycles. The number of nitrogens with zero attached hydrogens (tertiary/aromatic N) is 1. The number of unbranched alkanes of at least 4 members (excludes halogenated alkanes) is 1. The summed E-state index contributed by atoms with van der Waals surface area (Å²) >= 11 is 4.06. The van der Waals surface area contributed by atoms with Gasteiger partial charge in [-0.3, -0.25) is 38.4 Å². The van der Waals surface area contributed by atoms with Gasteiger partial charge >= 0.3 is 23.9 Å². The average Bonchev–Trinajstić information content (AvgIpc) is 3.47. The minimum Gasteiger partial charge on any atom is -0.481 e. The Bertz CT molecular complexity index is 1200. The van der Waals surface area contributed by atoms with E-state index in [1.165, 1.54) is 0 Å². The zero-order valence-electron chi connectivity index (χ0n) is 25.3. The largest absolute Gasteiger partial charge is 0.481 e. The zero-order valence-corrected chi connectivity index (χ0v) is 26.1. The average molecular weight is 692 g/mol. The molecule has 1 aliphatic rings. The molecule has 1 rings (SSSR count). The van der Waals surface area contributed by atoms with Crippen LogP contribution in [0.1, 0.15) is 51.4 Å². The molecule has 1 saturated heterocycles. The van der Waals surface area contributed by atoms with E-state index in [4.69, 9.17) is 16.6 Å². The van der Waals surface area contributed by atoms with Crippen LogP contribution in [-0.4, -0.2) is 134 Å². The number of carbonyl (C=O) groups is 9. The summed E-state index contributed by atoms with van der Waals surface area (Å²) in [6, 6.07) is -9.16. The standard InChI is InChI=1S/C26H41N7O13S/c27-6-2-1-4-13(26(45)46)29-22(41)15(10-20(38)39)31-24(43)17-5-3-7-33(17)25(44)16(11-47)32-23(42)14(9-19(36)37)30-21(40)12(28)8-18(34)35/h12-17,47H,1-11,27-28H2,(H,29,41)(H,30,40)(H,31,43)(H,32,42)(H,34,35)(H,36,37)(H,38,39)(H,45,46)/t12-,13-,14-,15-,16-,17-/m0/s1. The molecule has 0 unspecified atom stereocenters. The third-order valence-corrected chi connectivity index (χ3v) is 7.32. The number of aliphatic carboxylic acids is 4. The van der Waals surface area contributed by atoms with Crippen LogP contribution < -0.4 is 32.7 Å². The van der Waals surface area contributed by atoms with Gasteiger partial charge in [-0.25, -0.2) is 4.79 Å². The number of amides is 5. The fourth-order valence-corrected chi connectivity index (χ4v) is 4.83. The maximum atomic E-state index is 13.4. The first-order valence-corrected chi connectivity index (χ1v) is 15.1. The smallest absolute Gasteiger partial charge is 0.326 e. The summed E-state index contributed by atoms with van der Waals surface area (Å²) in [7, 11) is 0. The number of carboxylic acids is 4. The molecule has 0 radical (unpaired) electrons. The monoisotopic (exact) mass is 691 g/mol. The van der Waals surface area contributed by atoms with Crippen LogP contribution in [-0.2, 0) is 43.2 Å². The van der Waals surface area contributed by atoms with Crippen molar-refractivity contribution in [1.82, 2.24) is 26.2 Å². The molecule has 264 valence electrons. The van der Waals surface area contributed by atoms with Gasteiger partial charge in [0.2, 0.25) is 29.5 Å². The second-order valence-electron chi connectivity index (χ2n) is 10.6. The summed E-state index contributed by atoms with van der Waals surface area (Å²) in [5.74, 6) is -11.3. The quantitative estimate of drug-likeness (QED) is 0.0402. The third-order valence-electron chi connectivity index (χ3n) is 6.95. The van der Waals surface area contributed by atoms with Crippen molar-refractivity contribution in [2.24, 2.45) is 11.5 Å². The Hall–Kier alpha value is -4.50. The first-order chi connectivity index (χ1) is 22.0. The lowest BCUT2D eigenvalue weighted by molar-refractivity contribution is -0.145. The molecule has 0 saturated carbocycles. The highest BCUT2D eigenvalue weighted by atomic mass is 32.1. The number of thiol groups is 1. The molecule has 0 spiro atoms. The minimum absolute atomic E-state index is 0.000106. The highest BCUT2D eigenvalue weighted by Gasteiger charge is 2.40. The molecule has 0 bridgehead atoms. The molecule has 47 heavy (non-hydrogen) atoms. The first-order valence-electron chi connectivity index (χ1n) is 14.5. The lowest BCUT2D eigenvalue weighted by Crippen LogP contribution is -2.59. The summed E-state index contributed by atoms with van der Waals surface area (Å²) in [5.41, 5.74) is 10.9. The molecule has 1 fully saturated rings. The van der Waals surface area contributed by atoms with Crippen LogP contribution in [0.3, 0.4) is 0 Å². The van der Waals surface area contributed by atoms with Crippen molar-refractivity contribution in [2.75, 3.05) is 18.8 Å². The van der Waals surface area contributed by atoms with E-state index in [0.717, 1.165) is 4.90 Å². The van der Waals surface area contributed by atoms with Crippen LogP contribution in [0.5, 0.6) is 0 Å². The minimum atomic E-state index is -1.77. The number of nitrogens with two attached hydrogens (primary N) is 2. The second-order valence-corrected chi connectivity index (χ2v) is 11.0. The predicted molar refractivity (Wildman–Crippen MR) is 162 cm³/mol. The van der Waals surface area contributed by atoms with Gasteiger partial charge in [0.05, 0.1) is 25.3 Å². The van der Waals surface area contributed by atoms with Gasteiger partial charge in [0.15, 0.2) is 0 Å². The Morgan fingerprint density at radius 2 is 1.23 bits per heavy atom. The highest BCUT2D eigenvalue weighted by Crippen LogP contribution is 2.19. The van der Waals surface area contributed by atoms with E-state index in [9.17, 15) is 58.5 Å². The zero-order chi connectivity index (χ0) is 35.8. The Kier molecular flexibility index (Phi) is 17.1. The first kappa shape index (κ1) is 40.5. The number of hydrogen-bond acceptors (Lipinski definition) is 12. The van der Waals surface area contributed by atoms with Gasteiger partial charge in [-0.1, -0.05) is 0 Å². The van der Waals surface area contributed by atoms with Gasteiger partial charge in [0.1, 0.15) is 30.2 Å². The molecule has 6 atom stereocenters. The van der Waals surface area contributed by atoms with Crippen LogP contribution in [0, 0.1) is 0 Å². The molecule has 0 aromatic carbocycles. The number of nitrogens with one attached hydrogen (secondary N) is 4. The van der Waals surface area contributed by atoms with Gasteiger partial charge in [0, 0.05) is 12.3 Å². The van der Waals surface area contributed by atoms with E-state index in [1.807, 2.05) is 5.32 Å². The molecular formula is C26H41N7O13S. The van der Waals surface area contributed by atoms with Crippen LogP contribution in [0.25, 0.3) is 0 Å². The van der Waals surface area contributed by atoms with E-state index in [2.05, 4.69) is 28.6 Å². The molecular weight excluding hydrogens is 650 g/mol. The highest BCUT2D eigenvalue weighted by molar-refractivity contribution is 7.80. The lowest BCUT2D eigenvalue weighted by atomic mass is 10.1. The van der Waals surface area contributed by atoms with Gasteiger partial charge < -0.3 is 58.1 Å². The van der Waals surface area contributed by atoms with Crippen molar-refractivity contribution in [3.63, 3.8) is 0 Å². The lowest BCUT2D eigenvalue weighted by Gasteiger charge is -2.30. The van der Waals surface area contributed by atoms with Crippen LogP contribution in [0.4, 0.5) is 0 Å². The summed E-state index contributed by atoms with van der Waals surface area (Å²) in [4.78, 5) is 111. The van der Waals surface area contributed by atoms with E-state index in [0.29, 0.717) is 12.8 Å². The van der Waals surface area contributed by atoms with Gasteiger partial charge in [-0.15, -0.1) is 0 Å². The molecule has 21 heteroatoms. The van der Waals surface area contributed by atoms with Crippen LogP contribution >= 0.6 is 12.6 Å². The van der Waals surface area contributed by atoms with E-state index < -0.39 is 109 Å². The summed E-state index contributed by atoms with van der Waals surface area (Å²) in [6.45, 7) is 0.281. The Labute approximate surface area is 273 Å². The second kappa shape index (κ2) is 19.9. The number of carbonyl (C=O) groups excluding carboxylic acids is 5. The molecule has 5 amide bonds. The van der Waals surface area contributed by atoms with Crippen LogP contribution in [0.15, 0.2) is 0 Å². The van der Waals surface area contributed by atoms with E-state index in [1.54, 1.807) is 0 Å². The molecule has 20 nitrogen and oxygen atoms in total. The fourth-order valence-electron chi connectivity index (χ4n) is 4.58. The van der Waals surface area contributed by atoms with Crippen molar-refractivity contribution < 1.29 is 63.6 Å². The Morgan fingerprint density at radius 3 is 1.72 bits per heavy atom. The number of likely N-dealkylation sites (tertiary alicyclic amines) is 1. The fraction of sp³-hybridized carbons (Fsp3) is 0.654. The van der Waals surface area contributed by atoms with Gasteiger partial charge in [-0.2, -0.15) is 12.6 Å². The van der Waals surface area contributed by atoms with E-state index in [-0.39, 0.29) is 38.1 Å². The molecule has 1 heterocycles. The Balaban J connectivity index is 3.06. The normalized spacial score (nSPS) is 17.3. The molecule has 1 aliphatic heterocycles. The number of hydrogen-bond donors (Lipinski definition) is 11. The van der Waals surface area contributed by atoms with Gasteiger partial charge in [0.25, 0.3) is 0 Å². The third kappa shape index (κ3) is 13.8. The van der Waals surface area contributed by atoms with Crippen molar-refractivity contribution in [3.8, 4) is 0 Å². The maximum Gasteiger partial charge on any atom is 0.326 e. The van der Waals surface area contributed by atoms with Crippen molar-refractivity contribution in [3.05, 3.63) is 0 Å². The molecule has 0 aliphatic carbocycles.